The van der Waals surface area contributed by atoms with Gasteiger partial charge in [-0.2, -0.15) is 5.26 Å². The minimum Gasteiger partial charge on any atom is -0.339 e. The molecule has 3 heterocycles. The Morgan fingerprint density at radius 1 is 1.21 bits per heavy atom. The number of carbonyl (C=O) groups is 1. The van der Waals surface area contributed by atoms with Crippen molar-refractivity contribution in [2.24, 2.45) is 0 Å². The van der Waals surface area contributed by atoms with E-state index in [1.807, 2.05) is 0 Å². The second kappa shape index (κ2) is 7.36. The maximum Gasteiger partial charge on any atom is 0.280 e. The zero-order chi connectivity index (χ0) is 20.5. The van der Waals surface area contributed by atoms with Gasteiger partial charge < -0.3 is 4.90 Å². The molecule has 0 unspecified atom stereocenters. The monoisotopic (exact) mass is 391 g/mol. The highest BCUT2D eigenvalue weighted by Crippen LogP contribution is 2.24. The number of hydrogen-bond donors (Lipinski definition) is 1. The summed E-state index contributed by atoms with van der Waals surface area (Å²) in [5.74, 6) is -0.379. The fraction of sp³-hybridized carbons (Fsp3) is 0.238. The molecule has 146 valence electrons. The molecule has 0 saturated carbocycles. The van der Waals surface area contributed by atoms with Gasteiger partial charge >= 0.3 is 0 Å². The molecule has 0 radical (unpaired) electrons. The number of halogens is 1. The average Bonchev–Trinajstić information content (AvgIpc) is 3.40. The van der Waals surface area contributed by atoms with Crippen LogP contribution in [0.15, 0.2) is 41.5 Å². The van der Waals surface area contributed by atoms with Gasteiger partial charge in [0.15, 0.2) is 5.82 Å². The van der Waals surface area contributed by atoms with Crippen LogP contribution in [-0.4, -0.2) is 38.7 Å². The summed E-state index contributed by atoms with van der Waals surface area (Å²) in [6.07, 6.45) is 4.94. The molecule has 0 aliphatic carbocycles. The lowest BCUT2D eigenvalue weighted by molar-refractivity contribution is 0.0792. The van der Waals surface area contributed by atoms with E-state index in [9.17, 15) is 14.0 Å². The zero-order valence-electron chi connectivity index (χ0n) is 15.8. The Morgan fingerprint density at radius 2 is 1.97 bits per heavy atom. The van der Waals surface area contributed by atoms with Crippen LogP contribution in [0.2, 0.25) is 0 Å². The average molecular weight is 391 g/mol. The van der Waals surface area contributed by atoms with Crippen molar-refractivity contribution in [3.63, 3.8) is 0 Å². The minimum atomic E-state index is -0.639. The van der Waals surface area contributed by atoms with Gasteiger partial charge in [0.1, 0.15) is 11.9 Å². The van der Waals surface area contributed by atoms with Crippen molar-refractivity contribution < 1.29 is 9.18 Å². The number of nitrogens with zero attached hydrogens (tertiary/aromatic N) is 4. The van der Waals surface area contributed by atoms with Crippen LogP contribution in [0.5, 0.6) is 0 Å². The first kappa shape index (κ1) is 18.6. The van der Waals surface area contributed by atoms with E-state index in [0.717, 1.165) is 25.9 Å². The first-order valence-electron chi connectivity index (χ1n) is 9.27. The van der Waals surface area contributed by atoms with Gasteiger partial charge in [-0.1, -0.05) is 6.07 Å². The minimum absolute atomic E-state index is 0.0650. The van der Waals surface area contributed by atoms with E-state index in [4.69, 9.17) is 5.26 Å². The van der Waals surface area contributed by atoms with Crippen LogP contribution in [0.3, 0.4) is 0 Å². The van der Waals surface area contributed by atoms with Crippen LogP contribution in [0.1, 0.15) is 34.3 Å². The van der Waals surface area contributed by atoms with Gasteiger partial charge in [-0.25, -0.2) is 14.1 Å². The molecule has 29 heavy (non-hydrogen) atoms. The van der Waals surface area contributed by atoms with Crippen molar-refractivity contribution in [3.8, 4) is 23.0 Å². The number of benzene rings is 1. The Hall–Kier alpha value is -3.73. The van der Waals surface area contributed by atoms with Crippen molar-refractivity contribution in [2.45, 2.75) is 19.8 Å². The largest absolute Gasteiger partial charge is 0.339 e. The Labute approximate surface area is 166 Å². The normalized spacial score (nSPS) is 13.5. The Kier molecular flexibility index (Phi) is 4.72. The van der Waals surface area contributed by atoms with Crippen molar-refractivity contribution >= 4 is 5.91 Å². The number of likely N-dealkylation sites (tertiary alicyclic amines) is 1. The van der Waals surface area contributed by atoms with E-state index in [1.54, 1.807) is 29.2 Å². The molecule has 1 N–H and O–H groups in total. The van der Waals surface area contributed by atoms with Gasteiger partial charge in [0.2, 0.25) is 0 Å². The highest BCUT2D eigenvalue weighted by atomic mass is 19.1. The molecule has 1 aliphatic heterocycles. The molecule has 1 saturated heterocycles. The molecular formula is C21H18FN5O2. The summed E-state index contributed by atoms with van der Waals surface area (Å²) >= 11 is 0. The van der Waals surface area contributed by atoms with Gasteiger partial charge in [0.25, 0.3) is 11.5 Å². The first-order valence-corrected chi connectivity index (χ1v) is 9.27. The van der Waals surface area contributed by atoms with Crippen LogP contribution < -0.4 is 5.56 Å². The van der Waals surface area contributed by atoms with E-state index < -0.39 is 11.4 Å². The molecule has 1 aromatic carbocycles. The van der Waals surface area contributed by atoms with Gasteiger partial charge in [0, 0.05) is 25.5 Å². The number of amides is 1. The van der Waals surface area contributed by atoms with Gasteiger partial charge in [-0.15, -0.1) is 0 Å². The van der Waals surface area contributed by atoms with Crippen LogP contribution in [0.25, 0.3) is 16.9 Å². The number of carbonyl (C=O) groups excluding carboxylic acids is 1. The van der Waals surface area contributed by atoms with Crippen LogP contribution in [0, 0.1) is 24.1 Å². The standard InChI is InChI=1S/C21H18FN5O2/c1-13-16(6-4-14(10-23)19(13)22)17-12-25-27(21(17)29)18-7-5-15(11-24-18)20(28)26-8-2-3-9-26/h4-7,11-12,25H,2-3,8-9H2,1H3. The van der Waals surface area contributed by atoms with Crippen molar-refractivity contribution in [1.82, 2.24) is 19.7 Å². The molecule has 7 nitrogen and oxygen atoms in total. The lowest BCUT2D eigenvalue weighted by Gasteiger charge is -2.14. The Bertz CT molecular complexity index is 1180. The fourth-order valence-electron chi connectivity index (χ4n) is 3.54. The van der Waals surface area contributed by atoms with Gasteiger partial charge in [-0.05, 0) is 49.1 Å². The molecule has 4 rings (SSSR count). The van der Waals surface area contributed by atoms with Gasteiger partial charge in [-0.3, -0.25) is 14.7 Å². The van der Waals surface area contributed by atoms with E-state index >= 15 is 0 Å². The fourth-order valence-corrected chi connectivity index (χ4v) is 3.54. The maximum atomic E-state index is 14.3. The number of pyridine rings is 1. The number of rotatable bonds is 3. The smallest absolute Gasteiger partial charge is 0.280 e. The third-order valence-corrected chi connectivity index (χ3v) is 5.19. The lowest BCUT2D eigenvalue weighted by Crippen LogP contribution is -2.27. The summed E-state index contributed by atoms with van der Waals surface area (Å²) in [6.45, 7) is 3.03. The predicted octanol–water partition coefficient (Wildman–Crippen LogP) is 2.78. The van der Waals surface area contributed by atoms with Gasteiger partial charge in [0.05, 0.1) is 16.7 Å². The molecule has 1 fully saturated rings. The maximum absolute atomic E-state index is 14.3. The third kappa shape index (κ3) is 3.21. The molecule has 0 bridgehead atoms. The predicted molar refractivity (Wildman–Crippen MR) is 104 cm³/mol. The van der Waals surface area contributed by atoms with E-state index in [2.05, 4.69) is 10.1 Å². The molecule has 0 spiro atoms. The Balaban J connectivity index is 1.66. The number of H-pyrrole nitrogens is 1. The van der Waals surface area contributed by atoms with E-state index in [0.29, 0.717) is 16.9 Å². The Morgan fingerprint density at radius 3 is 2.62 bits per heavy atom. The number of aromatic nitrogens is 3. The molecule has 1 aliphatic rings. The summed E-state index contributed by atoms with van der Waals surface area (Å²) in [5, 5.41) is 11.8. The number of nitrogens with one attached hydrogen (secondary N) is 1. The molecule has 0 atom stereocenters. The molecule has 1 amide bonds. The van der Waals surface area contributed by atoms with Crippen LogP contribution in [-0.2, 0) is 0 Å². The van der Waals surface area contributed by atoms with Crippen LogP contribution in [0.4, 0.5) is 4.39 Å². The van der Waals surface area contributed by atoms with Crippen molar-refractivity contribution in [2.75, 3.05) is 13.1 Å². The first-order chi connectivity index (χ1) is 14.0. The SMILES string of the molecule is Cc1c(-c2c[nH]n(-c3ccc(C(=O)N4CCCC4)cn3)c2=O)ccc(C#N)c1F. The summed E-state index contributed by atoms with van der Waals surface area (Å²) in [4.78, 5) is 31.3. The van der Waals surface area contributed by atoms with E-state index in [-0.39, 0.29) is 22.6 Å². The zero-order valence-corrected chi connectivity index (χ0v) is 15.8. The summed E-state index contributed by atoms with van der Waals surface area (Å²) in [6, 6.07) is 7.93. The lowest BCUT2D eigenvalue weighted by atomic mass is 10.0. The molecule has 3 aromatic rings. The quantitative estimate of drug-likeness (QED) is 0.743. The highest BCUT2D eigenvalue weighted by molar-refractivity contribution is 5.94. The van der Waals surface area contributed by atoms with E-state index in [1.165, 1.54) is 30.1 Å². The topological polar surface area (TPSA) is 94.8 Å². The summed E-state index contributed by atoms with van der Waals surface area (Å²) < 4.78 is 15.5. The molecule has 8 heteroatoms. The summed E-state index contributed by atoms with van der Waals surface area (Å²) in [7, 11) is 0. The number of aromatic amines is 1. The molecule has 2 aromatic heterocycles. The van der Waals surface area contributed by atoms with Crippen molar-refractivity contribution in [1.29, 1.82) is 5.26 Å². The molecular weight excluding hydrogens is 373 g/mol. The highest BCUT2D eigenvalue weighted by Gasteiger charge is 2.20. The second-order valence-electron chi connectivity index (χ2n) is 6.94. The number of nitriles is 1. The van der Waals surface area contributed by atoms with Crippen LogP contribution >= 0.6 is 0 Å². The van der Waals surface area contributed by atoms with Crippen molar-refractivity contribution in [3.05, 3.63) is 69.5 Å². The third-order valence-electron chi connectivity index (χ3n) is 5.19. The second-order valence-corrected chi connectivity index (χ2v) is 6.94. The number of hydrogen-bond acceptors (Lipinski definition) is 4. The summed E-state index contributed by atoms with van der Waals surface area (Å²) in [5.41, 5.74) is 0.907.